The number of hydrogen-bond donors (Lipinski definition) is 1. The minimum Gasteiger partial charge on any atom is -0.444 e. The number of rotatable bonds is 1. The number of amides is 3. The lowest BCUT2D eigenvalue weighted by Gasteiger charge is -2.39. The van der Waals surface area contributed by atoms with Gasteiger partial charge in [-0.1, -0.05) is 0 Å². The number of anilines is 1. The Morgan fingerprint density at radius 2 is 2.14 bits per heavy atom. The van der Waals surface area contributed by atoms with E-state index in [1.54, 1.807) is 21.4 Å². The minimum absolute atomic E-state index is 0.0822. The highest BCUT2D eigenvalue weighted by molar-refractivity contribution is 7.13. The predicted molar refractivity (Wildman–Crippen MR) is 85.1 cm³/mol. The molecule has 0 saturated carbocycles. The van der Waals surface area contributed by atoms with Crippen LogP contribution in [-0.4, -0.2) is 58.2 Å². The Morgan fingerprint density at radius 3 is 2.68 bits per heavy atom. The van der Waals surface area contributed by atoms with E-state index in [0.29, 0.717) is 24.8 Å². The Labute approximate surface area is 134 Å². The number of nitrogens with zero attached hydrogens (tertiary/aromatic N) is 3. The molecule has 0 aromatic carbocycles. The van der Waals surface area contributed by atoms with Crippen molar-refractivity contribution in [2.75, 3.05) is 25.0 Å². The van der Waals surface area contributed by atoms with Gasteiger partial charge in [0.1, 0.15) is 5.60 Å². The van der Waals surface area contributed by atoms with Crippen LogP contribution in [0.15, 0.2) is 11.6 Å². The first kappa shape index (κ1) is 16.5. The molecule has 2 rings (SSSR count). The largest absolute Gasteiger partial charge is 0.444 e. The highest BCUT2D eigenvalue weighted by Gasteiger charge is 2.32. The summed E-state index contributed by atoms with van der Waals surface area (Å²) < 4.78 is 5.37. The van der Waals surface area contributed by atoms with Crippen molar-refractivity contribution in [3.05, 3.63) is 11.6 Å². The smallest absolute Gasteiger partial charge is 0.410 e. The van der Waals surface area contributed by atoms with E-state index in [1.165, 1.54) is 11.3 Å². The van der Waals surface area contributed by atoms with E-state index in [9.17, 15) is 9.59 Å². The molecule has 3 amide bonds. The SMILES string of the molecule is C[C@@H]1CN(C(=O)OC(C)(C)C)CCN1C(=O)Nc1nccs1. The maximum atomic E-state index is 12.2. The van der Waals surface area contributed by atoms with Crippen LogP contribution in [0.2, 0.25) is 0 Å². The normalized spacial score (nSPS) is 19.0. The van der Waals surface area contributed by atoms with Crippen LogP contribution in [0.25, 0.3) is 0 Å². The van der Waals surface area contributed by atoms with Crippen molar-refractivity contribution in [1.82, 2.24) is 14.8 Å². The average molecular weight is 326 g/mol. The molecule has 0 aliphatic carbocycles. The summed E-state index contributed by atoms with van der Waals surface area (Å²) in [4.78, 5) is 31.7. The summed E-state index contributed by atoms with van der Waals surface area (Å²) in [5.74, 6) is 0. The van der Waals surface area contributed by atoms with Crippen molar-refractivity contribution in [1.29, 1.82) is 0 Å². The van der Waals surface area contributed by atoms with Gasteiger partial charge in [0, 0.05) is 37.3 Å². The number of carbonyl (C=O) groups excluding carboxylic acids is 2. The van der Waals surface area contributed by atoms with Crippen LogP contribution in [0.5, 0.6) is 0 Å². The van der Waals surface area contributed by atoms with Gasteiger partial charge in [0.2, 0.25) is 0 Å². The lowest BCUT2D eigenvalue weighted by atomic mass is 10.2. The molecule has 1 aliphatic heterocycles. The second-order valence-electron chi connectivity index (χ2n) is 6.24. The molecule has 1 aromatic rings. The molecule has 7 nitrogen and oxygen atoms in total. The Morgan fingerprint density at radius 1 is 1.41 bits per heavy atom. The van der Waals surface area contributed by atoms with Gasteiger partial charge in [0.05, 0.1) is 0 Å². The van der Waals surface area contributed by atoms with Crippen molar-refractivity contribution < 1.29 is 14.3 Å². The van der Waals surface area contributed by atoms with Gasteiger partial charge in [-0.05, 0) is 27.7 Å². The maximum Gasteiger partial charge on any atom is 0.410 e. The third-order valence-electron chi connectivity index (χ3n) is 3.19. The molecule has 0 radical (unpaired) electrons. The molecule has 0 spiro atoms. The van der Waals surface area contributed by atoms with Gasteiger partial charge in [-0.2, -0.15) is 0 Å². The fraction of sp³-hybridized carbons (Fsp3) is 0.643. The topological polar surface area (TPSA) is 74.8 Å². The average Bonchev–Trinajstić information content (AvgIpc) is 2.89. The Hall–Kier alpha value is -1.83. The highest BCUT2D eigenvalue weighted by Crippen LogP contribution is 2.17. The van der Waals surface area contributed by atoms with E-state index >= 15 is 0 Å². The molecule has 1 atom stereocenters. The molecule has 8 heteroatoms. The van der Waals surface area contributed by atoms with Gasteiger partial charge in [0.15, 0.2) is 5.13 Å². The van der Waals surface area contributed by atoms with Crippen molar-refractivity contribution in [2.24, 2.45) is 0 Å². The van der Waals surface area contributed by atoms with Crippen LogP contribution in [0.4, 0.5) is 14.7 Å². The Balaban J connectivity index is 1.89. The zero-order valence-electron chi connectivity index (χ0n) is 13.3. The standard InChI is InChI=1S/C14H22N4O3S/c1-10-9-17(13(20)21-14(2,3)4)6-7-18(10)12(19)16-11-15-5-8-22-11/h5,8,10H,6-7,9H2,1-4H3,(H,15,16,19)/t10-/m1/s1. The van der Waals surface area contributed by atoms with E-state index in [4.69, 9.17) is 4.74 Å². The molecule has 2 heterocycles. The van der Waals surface area contributed by atoms with Crippen molar-refractivity contribution >= 4 is 28.6 Å². The van der Waals surface area contributed by atoms with E-state index in [2.05, 4.69) is 10.3 Å². The van der Waals surface area contributed by atoms with Gasteiger partial charge in [0.25, 0.3) is 0 Å². The Bertz CT molecular complexity index is 527. The zero-order valence-corrected chi connectivity index (χ0v) is 14.1. The second kappa shape index (κ2) is 6.51. The van der Waals surface area contributed by atoms with Crippen LogP contribution in [0.1, 0.15) is 27.7 Å². The number of hydrogen-bond acceptors (Lipinski definition) is 5. The van der Waals surface area contributed by atoms with E-state index < -0.39 is 5.60 Å². The molecule has 0 unspecified atom stereocenters. The van der Waals surface area contributed by atoms with Gasteiger partial charge < -0.3 is 14.5 Å². The van der Waals surface area contributed by atoms with Gasteiger partial charge in [-0.15, -0.1) is 11.3 Å². The number of urea groups is 1. The summed E-state index contributed by atoms with van der Waals surface area (Å²) in [7, 11) is 0. The molecule has 122 valence electrons. The summed E-state index contributed by atoms with van der Waals surface area (Å²) >= 11 is 1.37. The number of ether oxygens (including phenoxy) is 1. The van der Waals surface area contributed by atoms with Crippen LogP contribution in [-0.2, 0) is 4.74 Å². The first-order valence-electron chi connectivity index (χ1n) is 7.21. The van der Waals surface area contributed by atoms with Gasteiger partial charge in [-0.3, -0.25) is 5.32 Å². The molecule has 1 N–H and O–H groups in total. The number of piperazine rings is 1. The fourth-order valence-electron chi connectivity index (χ4n) is 2.20. The molecule has 0 bridgehead atoms. The Kier molecular flexibility index (Phi) is 4.90. The van der Waals surface area contributed by atoms with E-state index in [-0.39, 0.29) is 18.2 Å². The van der Waals surface area contributed by atoms with Gasteiger partial charge in [-0.25, -0.2) is 14.6 Å². The summed E-state index contributed by atoms with van der Waals surface area (Å²) in [6.45, 7) is 8.82. The predicted octanol–water partition coefficient (Wildman–Crippen LogP) is 2.62. The third-order valence-corrected chi connectivity index (χ3v) is 3.87. The third kappa shape index (κ3) is 4.33. The van der Waals surface area contributed by atoms with E-state index in [1.807, 2.05) is 27.7 Å². The number of nitrogens with one attached hydrogen (secondary N) is 1. The zero-order chi connectivity index (χ0) is 16.3. The summed E-state index contributed by atoms with van der Waals surface area (Å²) in [5, 5.41) is 5.14. The fourth-order valence-corrected chi connectivity index (χ4v) is 2.72. The van der Waals surface area contributed by atoms with Crippen LogP contribution >= 0.6 is 11.3 Å². The molecule has 1 aliphatic rings. The van der Waals surface area contributed by atoms with E-state index in [0.717, 1.165) is 0 Å². The number of carbonyl (C=O) groups is 2. The van der Waals surface area contributed by atoms with Gasteiger partial charge >= 0.3 is 12.1 Å². The quantitative estimate of drug-likeness (QED) is 0.861. The highest BCUT2D eigenvalue weighted by atomic mass is 32.1. The maximum absolute atomic E-state index is 12.2. The van der Waals surface area contributed by atoms with Crippen molar-refractivity contribution in [3.8, 4) is 0 Å². The first-order chi connectivity index (χ1) is 10.3. The lowest BCUT2D eigenvalue weighted by Crippen LogP contribution is -2.57. The molecule has 1 fully saturated rings. The first-order valence-corrected chi connectivity index (χ1v) is 8.09. The van der Waals surface area contributed by atoms with Crippen LogP contribution in [0, 0.1) is 0 Å². The molecule has 1 saturated heterocycles. The van der Waals surface area contributed by atoms with Crippen molar-refractivity contribution in [2.45, 2.75) is 39.3 Å². The molecular weight excluding hydrogens is 304 g/mol. The molecular formula is C14H22N4O3S. The minimum atomic E-state index is -0.514. The molecule has 22 heavy (non-hydrogen) atoms. The summed E-state index contributed by atoms with van der Waals surface area (Å²) in [6.07, 6.45) is 1.31. The monoisotopic (exact) mass is 326 g/mol. The van der Waals surface area contributed by atoms with Crippen LogP contribution < -0.4 is 5.32 Å². The number of aromatic nitrogens is 1. The van der Waals surface area contributed by atoms with Crippen molar-refractivity contribution in [3.63, 3.8) is 0 Å². The molecule has 1 aromatic heterocycles. The van der Waals surface area contributed by atoms with Crippen LogP contribution in [0.3, 0.4) is 0 Å². The summed E-state index contributed by atoms with van der Waals surface area (Å²) in [5.41, 5.74) is -0.514. The lowest BCUT2D eigenvalue weighted by molar-refractivity contribution is 0.0112. The summed E-state index contributed by atoms with van der Waals surface area (Å²) in [6, 6.07) is -0.271. The number of thiazole rings is 1. The second-order valence-corrected chi connectivity index (χ2v) is 7.13.